The number of aromatic nitrogens is 2. The normalized spacial score (nSPS) is 20.8. The van der Waals surface area contributed by atoms with Gasteiger partial charge in [-0.3, -0.25) is 4.79 Å². The second-order valence-electron chi connectivity index (χ2n) is 6.99. The van der Waals surface area contributed by atoms with Crippen LogP contribution in [0.2, 0.25) is 0 Å². The van der Waals surface area contributed by atoms with E-state index in [1.807, 2.05) is 12.4 Å². The summed E-state index contributed by atoms with van der Waals surface area (Å²) in [6.07, 6.45) is 8.11. The van der Waals surface area contributed by atoms with Crippen molar-refractivity contribution in [3.63, 3.8) is 0 Å². The Balaban J connectivity index is 1.48. The molecule has 2 atom stereocenters. The maximum atomic E-state index is 13.2. The van der Waals surface area contributed by atoms with Gasteiger partial charge in [-0.25, -0.2) is 9.37 Å². The molecular weight excluding hydrogens is 319 g/mol. The van der Waals surface area contributed by atoms with Crippen molar-refractivity contribution in [2.75, 3.05) is 6.54 Å². The molecule has 2 heterocycles. The molecule has 2 N–H and O–H groups in total. The number of aryl methyl sites for hydroxylation is 1. The first-order valence-electron chi connectivity index (χ1n) is 9.01. The fourth-order valence-electron chi connectivity index (χ4n) is 3.49. The Bertz CT molecular complexity index is 738. The van der Waals surface area contributed by atoms with E-state index in [0.29, 0.717) is 18.5 Å². The van der Waals surface area contributed by atoms with Crippen molar-refractivity contribution < 1.29 is 9.18 Å². The maximum absolute atomic E-state index is 13.2. The zero-order chi connectivity index (χ0) is 17.2. The Kier molecular flexibility index (Phi) is 4.53. The van der Waals surface area contributed by atoms with E-state index in [1.54, 1.807) is 12.1 Å². The van der Waals surface area contributed by atoms with Crippen molar-refractivity contribution in [1.82, 2.24) is 20.2 Å². The zero-order valence-corrected chi connectivity index (χ0v) is 14.1. The van der Waals surface area contributed by atoms with Gasteiger partial charge in [-0.1, -0.05) is 12.1 Å². The van der Waals surface area contributed by atoms with Gasteiger partial charge in [0, 0.05) is 37.4 Å². The van der Waals surface area contributed by atoms with Gasteiger partial charge in [-0.2, -0.15) is 0 Å². The Morgan fingerprint density at radius 1 is 1.28 bits per heavy atom. The number of benzene rings is 1. The smallest absolute Gasteiger partial charge is 0.241 e. The largest absolute Gasteiger partial charge is 0.352 e. The van der Waals surface area contributed by atoms with Crippen LogP contribution in [0.4, 0.5) is 4.39 Å². The third kappa shape index (κ3) is 3.74. The molecule has 2 aromatic rings. The Labute approximate surface area is 146 Å². The Morgan fingerprint density at radius 3 is 2.84 bits per heavy atom. The molecule has 1 aliphatic heterocycles. The molecule has 1 aromatic carbocycles. The second-order valence-corrected chi connectivity index (χ2v) is 6.99. The minimum Gasteiger partial charge on any atom is -0.352 e. The summed E-state index contributed by atoms with van der Waals surface area (Å²) < 4.78 is 15.4. The standard InChI is InChI=1S/C19H23FN4O/c20-15-5-3-13(4-6-15)17(19(25)23-16-7-8-16)22-12-14-2-1-10-24-11-9-21-18(14)24/h3-6,9,11,14,16-17,22H,1-2,7-8,10,12H2,(H,23,25)/t14-,17-/m1/s1. The van der Waals surface area contributed by atoms with Crippen molar-refractivity contribution in [2.24, 2.45) is 0 Å². The third-order valence-corrected chi connectivity index (χ3v) is 5.02. The zero-order valence-electron chi connectivity index (χ0n) is 14.1. The van der Waals surface area contributed by atoms with E-state index in [1.165, 1.54) is 12.1 Å². The van der Waals surface area contributed by atoms with E-state index < -0.39 is 6.04 Å². The Morgan fingerprint density at radius 2 is 2.08 bits per heavy atom. The first-order chi connectivity index (χ1) is 12.2. The summed E-state index contributed by atoms with van der Waals surface area (Å²) in [6, 6.07) is 6.00. The number of hydrogen-bond acceptors (Lipinski definition) is 3. The topological polar surface area (TPSA) is 59.0 Å². The molecular formula is C19H23FN4O. The first kappa shape index (κ1) is 16.3. The molecule has 132 valence electrons. The molecule has 1 saturated carbocycles. The van der Waals surface area contributed by atoms with Crippen LogP contribution in [0.3, 0.4) is 0 Å². The van der Waals surface area contributed by atoms with E-state index >= 15 is 0 Å². The average molecular weight is 342 g/mol. The van der Waals surface area contributed by atoms with Gasteiger partial charge in [0.15, 0.2) is 0 Å². The summed E-state index contributed by atoms with van der Waals surface area (Å²) in [7, 11) is 0. The van der Waals surface area contributed by atoms with Gasteiger partial charge in [-0.05, 0) is 43.4 Å². The number of amides is 1. The van der Waals surface area contributed by atoms with E-state index in [4.69, 9.17) is 0 Å². The lowest BCUT2D eigenvalue weighted by Gasteiger charge is -2.26. The van der Waals surface area contributed by atoms with Crippen LogP contribution in [0.5, 0.6) is 0 Å². The van der Waals surface area contributed by atoms with Crippen LogP contribution >= 0.6 is 0 Å². The van der Waals surface area contributed by atoms with Gasteiger partial charge >= 0.3 is 0 Å². The van der Waals surface area contributed by atoms with Crippen LogP contribution in [-0.2, 0) is 11.3 Å². The molecule has 2 aliphatic rings. The molecule has 0 spiro atoms. The number of halogens is 1. The fourth-order valence-corrected chi connectivity index (χ4v) is 3.49. The van der Waals surface area contributed by atoms with Gasteiger partial charge in [0.1, 0.15) is 17.7 Å². The highest BCUT2D eigenvalue weighted by Gasteiger charge is 2.29. The third-order valence-electron chi connectivity index (χ3n) is 5.02. The van der Waals surface area contributed by atoms with E-state index in [-0.39, 0.29) is 11.7 Å². The number of rotatable bonds is 6. The lowest BCUT2D eigenvalue weighted by Crippen LogP contribution is -2.40. The molecule has 1 aliphatic carbocycles. The molecule has 5 nitrogen and oxygen atoms in total. The van der Waals surface area contributed by atoms with Crippen molar-refractivity contribution in [1.29, 1.82) is 0 Å². The predicted octanol–water partition coefficient (Wildman–Crippen LogP) is 2.51. The van der Waals surface area contributed by atoms with Crippen LogP contribution in [0.25, 0.3) is 0 Å². The van der Waals surface area contributed by atoms with Crippen molar-refractivity contribution in [2.45, 2.75) is 50.2 Å². The highest BCUT2D eigenvalue weighted by Crippen LogP contribution is 2.26. The monoisotopic (exact) mass is 342 g/mol. The van der Waals surface area contributed by atoms with Crippen LogP contribution in [0.15, 0.2) is 36.7 Å². The second kappa shape index (κ2) is 6.96. The molecule has 6 heteroatoms. The van der Waals surface area contributed by atoms with Crippen LogP contribution in [0.1, 0.15) is 49.0 Å². The highest BCUT2D eigenvalue weighted by atomic mass is 19.1. The highest BCUT2D eigenvalue weighted by molar-refractivity contribution is 5.83. The van der Waals surface area contributed by atoms with Gasteiger partial charge in [0.25, 0.3) is 0 Å². The molecule has 0 radical (unpaired) electrons. The lowest BCUT2D eigenvalue weighted by atomic mass is 9.97. The van der Waals surface area contributed by atoms with Gasteiger partial charge in [-0.15, -0.1) is 0 Å². The molecule has 0 bridgehead atoms. The molecule has 1 amide bonds. The van der Waals surface area contributed by atoms with Crippen molar-refractivity contribution in [3.05, 3.63) is 53.9 Å². The number of imidazole rings is 1. The lowest BCUT2D eigenvalue weighted by molar-refractivity contribution is -0.123. The van der Waals surface area contributed by atoms with Gasteiger partial charge in [0.05, 0.1) is 0 Å². The van der Waals surface area contributed by atoms with Crippen molar-refractivity contribution in [3.8, 4) is 0 Å². The van der Waals surface area contributed by atoms with Crippen LogP contribution in [0, 0.1) is 5.82 Å². The number of carbonyl (C=O) groups excluding carboxylic acids is 1. The van der Waals surface area contributed by atoms with E-state index in [2.05, 4.69) is 20.2 Å². The predicted molar refractivity (Wildman–Crippen MR) is 92.5 cm³/mol. The minimum atomic E-state index is -0.466. The molecule has 1 fully saturated rings. The van der Waals surface area contributed by atoms with Gasteiger partial charge < -0.3 is 15.2 Å². The molecule has 4 rings (SSSR count). The number of fused-ring (bicyclic) bond motifs is 1. The van der Waals surface area contributed by atoms with Crippen molar-refractivity contribution >= 4 is 5.91 Å². The van der Waals surface area contributed by atoms with Crippen LogP contribution in [-0.4, -0.2) is 28.0 Å². The number of hydrogen-bond donors (Lipinski definition) is 2. The summed E-state index contributed by atoms with van der Waals surface area (Å²) in [6.45, 7) is 1.69. The minimum absolute atomic E-state index is 0.0340. The van der Waals surface area contributed by atoms with E-state index in [0.717, 1.165) is 43.6 Å². The number of nitrogens with one attached hydrogen (secondary N) is 2. The van der Waals surface area contributed by atoms with Crippen LogP contribution < -0.4 is 10.6 Å². The van der Waals surface area contributed by atoms with Gasteiger partial charge in [0.2, 0.25) is 5.91 Å². The molecule has 0 unspecified atom stereocenters. The average Bonchev–Trinajstić information content (AvgIpc) is 3.29. The van der Waals surface area contributed by atoms with E-state index in [9.17, 15) is 9.18 Å². The quantitative estimate of drug-likeness (QED) is 0.848. The first-order valence-corrected chi connectivity index (χ1v) is 9.01. The maximum Gasteiger partial charge on any atom is 0.241 e. The molecule has 1 aromatic heterocycles. The SMILES string of the molecule is O=C(NC1CC1)[C@H](NC[C@H]1CCCn2ccnc21)c1ccc(F)cc1. The summed E-state index contributed by atoms with van der Waals surface area (Å²) in [5, 5.41) is 6.45. The summed E-state index contributed by atoms with van der Waals surface area (Å²) in [5.74, 6) is 1.05. The summed E-state index contributed by atoms with van der Waals surface area (Å²) in [4.78, 5) is 17.1. The summed E-state index contributed by atoms with van der Waals surface area (Å²) >= 11 is 0. The Hall–Kier alpha value is -2.21. The number of carbonyl (C=O) groups is 1. The number of nitrogens with zero attached hydrogens (tertiary/aromatic N) is 2. The summed E-state index contributed by atoms with van der Waals surface area (Å²) in [5.41, 5.74) is 0.790. The molecule has 0 saturated heterocycles. The molecule has 25 heavy (non-hydrogen) atoms. The fraction of sp³-hybridized carbons (Fsp3) is 0.474.